The van der Waals surface area contributed by atoms with E-state index in [9.17, 15) is 4.79 Å². The lowest BCUT2D eigenvalue weighted by molar-refractivity contribution is 0.0818. The van der Waals surface area contributed by atoms with Gasteiger partial charge in [-0.15, -0.1) is 0 Å². The first-order valence-corrected chi connectivity index (χ1v) is 5.10. The van der Waals surface area contributed by atoms with Crippen molar-refractivity contribution < 1.29 is 9.21 Å². The molecule has 1 aromatic heterocycles. The van der Waals surface area contributed by atoms with Gasteiger partial charge in [-0.25, -0.2) is 0 Å². The molecule has 2 N–H and O–H groups in total. The van der Waals surface area contributed by atoms with E-state index < -0.39 is 5.54 Å². The van der Waals surface area contributed by atoms with Gasteiger partial charge >= 0.3 is 0 Å². The van der Waals surface area contributed by atoms with Gasteiger partial charge in [-0.05, 0) is 25.0 Å². The maximum absolute atomic E-state index is 12.0. The first-order chi connectivity index (χ1) is 6.72. The second-order valence-corrected chi connectivity index (χ2v) is 4.02. The highest BCUT2D eigenvalue weighted by molar-refractivity contribution is 6.00. The minimum Gasteiger partial charge on any atom is -0.461 e. The Morgan fingerprint density at radius 2 is 2.07 bits per heavy atom. The van der Waals surface area contributed by atoms with Crippen LogP contribution in [0.5, 0.6) is 0 Å². The van der Waals surface area contributed by atoms with Crippen molar-refractivity contribution in [3.05, 3.63) is 24.2 Å². The fourth-order valence-corrected chi connectivity index (χ4v) is 2.06. The highest BCUT2D eigenvalue weighted by Gasteiger charge is 2.37. The Balaban J connectivity index is 2.17. The minimum absolute atomic E-state index is 0.0396. The molecule has 1 saturated carbocycles. The van der Waals surface area contributed by atoms with E-state index in [0.29, 0.717) is 5.76 Å². The van der Waals surface area contributed by atoms with E-state index in [1.54, 1.807) is 12.1 Å². The molecule has 1 aromatic rings. The maximum atomic E-state index is 12.0. The Labute approximate surface area is 83.3 Å². The predicted molar refractivity (Wildman–Crippen MR) is 53.0 cm³/mol. The van der Waals surface area contributed by atoms with Crippen molar-refractivity contribution in [2.45, 2.75) is 37.6 Å². The topological polar surface area (TPSA) is 56.2 Å². The first kappa shape index (κ1) is 9.46. The number of Topliss-reactive ketones (excluding diaryl/α,β-unsaturated/α-hetero) is 1. The molecule has 76 valence electrons. The second kappa shape index (κ2) is 3.58. The smallest absolute Gasteiger partial charge is 0.217 e. The number of rotatable bonds is 2. The van der Waals surface area contributed by atoms with E-state index in [2.05, 4.69) is 0 Å². The van der Waals surface area contributed by atoms with Crippen LogP contribution in [-0.4, -0.2) is 11.3 Å². The number of ketones is 1. The van der Waals surface area contributed by atoms with Crippen molar-refractivity contribution in [3.8, 4) is 0 Å². The fraction of sp³-hybridized carbons (Fsp3) is 0.545. The summed E-state index contributed by atoms with van der Waals surface area (Å²) in [6, 6.07) is 3.41. The van der Waals surface area contributed by atoms with E-state index in [0.717, 1.165) is 25.7 Å². The average molecular weight is 193 g/mol. The van der Waals surface area contributed by atoms with E-state index in [1.807, 2.05) is 0 Å². The molecule has 2 rings (SSSR count). The maximum Gasteiger partial charge on any atom is 0.217 e. The van der Waals surface area contributed by atoms with E-state index in [4.69, 9.17) is 10.2 Å². The molecule has 1 heterocycles. The molecule has 1 fully saturated rings. The molecule has 3 heteroatoms. The Bertz CT molecular complexity index is 310. The van der Waals surface area contributed by atoms with Gasteiger partial charge in [0.25, 0.3) is 0 Å². The van der Waals surface area contributed by atoms with Gasteiger partial charge in [-0.2, -0.15) is 0 Å². The van der Waals surface area contributed by atoms with E-state index in [1.165, 1.54) is 12.7 Å². The molecule has 3 nitrogen and oxygen atoms in total. The summed E-state index contributed by atoms with van der Waals surface area (Å²) < 4.78 is 5.08. The number of hydrogen-bond donors (Lipinski definition) is 1. The van der Waals surface area contributed by atoms with Gasteiger partial charge in [0.05, 0.1) is 11.8 Å². The van der Waals surface area contributed by atoms with Crippen LogP contribution in [-0.2, 0) is 0 Å². The first-order valence-electron chi connectivity index (χ1n) is 5.10. The van der Waals surface area contributed by atoms with Crippen molar-refractivity contribution in [1.29, 1.82) is 0 Å². The number of furan rings is 1. The second-order valence-electron chi connectivity index (χ2n) is 4.02. The quantitative estimate of drug-likeness (QED) is 0.732. The van der Waals surface area contributed by atoms with Crippen LogP contribution in [0.15, 0.2) is 22.8 Å². The van der Waals surface area contributed by atoms with Crippen LogP contribution in [0.1, 0.15) is 42.7 Å². The lowest BCUT2D eigenvalue weighted by atomic mass is 9.79. The molecule has 0 atom stereocenters. The molecule has 0 amide bonds. The van der Waals surface area contributed by atoms with Gasteiger partial charge in [0.2, 0.25) is 5.78 Å². The lowest BCUT2D eigenvalue weighted by Crippen LogP contribution is -2.49. The molecule has 0 saturated heterocycles. The van der Waals surface area contributed by atoms with Gasteiger partial charge in [-0.3, -0.25) is 4.79 Å². The van der Waals surface area contributed by atoms with Crippen LogP contribution < -0.4 is 5.73 Å². The Morgan fingerprint density at radius 3 is 2.64 bits per heavy atom. The van der Waals surface area contributed by atoms with Crippen LogP contribution in [0.4, 0.5) is 0 Å². The van der Waals surface area contributed by atoms with Crippen LogP contribution in [0, 0.1) is 0 Å². The number of nitrogens with two attached hydrogens (primary N) is 1. The predicted octanol–water partition coefficient (Wildman–Crippen LogP) is 2.12. The summed E-state index contributed by atoms with van der Waals surface area (Å²) in [6.07, 6.45) is 6.36. The number of carbonyl (C=O) groups excluding carboxylic acids is 1. The Kier molecular flexibility index (Phi) is 2.42. The summed E-state index contributed by atoms with van der Waals surface area (Å²) in [4.78, 5) is 12.0. The molecule has 0 unspecified atom stereocenters. The average Bonchev–Trinajstić information content (AvgIpc) is 2.70. The van der Waals surface area contributed by atoms with E-state index >= 15 is 0 Å². The third kappa shape index (κ3) is 1.60. The molecule has 0 radical (unpaired) electrons. The summed E-state index contributed by atoms with van der Waals surface area (Å²) in [7, 11) is 0. The minimum atomic E-state index is -0.671. The van der Waals surface area contributed by atoms with Gasteiger partial charge in [-0.1, -0.05) is 19.3 Å². The monoisotopic (exact) mass is 193 g/mol. The van der Waals surface area contributed by atoms with Crippen LogP contribution in [0.3, 0.4) is 0 Å². The Morgan fingerprint density at radius 1 is 1.36 bits per heavy atom. The van der Waals surface area contributed by atoms with Gasteiger partial charge in [0.15, 0.2) is 5.76 Å². The third-order valence-electron chi connectivity index (χ3n) is 2.94. The largest absolute Gasteiger partial charge is 0.461 e. The normalized spacial score (nSPS) is 20.6. The van der Waals surface area contributed by atoms with Crippen LogP contribution in [0.25, 0.3) is 0 Å². The summed E-state index contributed by atoms with van der Waals surface area (Å²) in [5, 5.41) is 0. The van der Waals surface area contributed by atoms with Gasteiger partial charge < -0.3 is 10.2 Å². The fourth-order valence-electron chi connectivity index (χ4n) is 2.06. The van der Waals surface area contributed by atoms with Crippen molar-refractivity contribution >= 4 is 5.78 Å². The molecule has 0 spiro atoms. The Hall–Kier alpha value is -1.09. The van der Waals surface area contributed by atoms with Gasteiger partial charge in [0.1, 0.15) is 0 Å². The zero-order valence-electron chi connectivity index (χ0n) is 8.16. The van der Waals surface area contributed by atoms with Crippen molar-refractivity contribution in [2.75, 3.05) is 0 Å². The highest BCUT2D eigenvalue weighted by Crippen LogP contribution is 2.29. The summed E-state index contributed by atoms with van der Waals surface area (Å²) in [5.74, 6) is 0.358. The van der Waals surface area contributed by atoms with Crippen LogP contribution in [0.2, 0.25) is 0 Å². The molecule has 1 aliphatic carbocycles. The van der Waals surface area contributed by atoms with Gasteiger partial charge in [0, 0.05) is 0 Å². The summed E-state index contributed by atoms with van der Waals surface area (Å²) in [5.41, 5.74) is 5.41. The molecule has 0 aromatic carbocycles. The zero-order valence-corrected chi connectivity index (χ0v) is 8.16. The third-order valence-corrected chi connectivity index (χ3v) is 2.94. The standard InChI is InChI=1S/C11H15NO2/c12-11(6-2-1-3-7-11)10(13)9-5-4-8-14-9/h4-5,8H,1-3,6-7,12H2. The highest BCUT2D eigenvalue weighted by atomic mass is 16.3. The zero-order chi connectivity index (χ0) is 10.0. The van der Waals surface area contributed by atoms with Crippen LogP contribution >= 0.6 is 0 Å². The van der Waals surface area contributed by atoms with Crippen molar-refractivity contribution in [2.24, 2.45) is 5.73 Å². The molecule has 14 heavy (non-hydrogen) atoms. The molecule has 0 bridgehead atoms. The summed E-state index contributed by atoms with van der Waals surface area (Å²) in [6.45, 7) is 0. The van der Waals surface area contributed by atoms with E-state index in [-0.39, 0.29) is 5.78 Å². The SMILES string of the molecule is NC1(C(=O)c2ccco2)CCCCC1. The number of hydrogen-bond acceptors (Lipinski definition) is 3. The molecular weight excluding hydrogens is 178 g/mol. The molecule has 0 aliphatic heterocycles. The molecule has 1 aliphatic rings. The summed E-state index contributed by atoms with van der Waals surface area (Å²) >= 11 is 0. The molecular formula is C11H15NO2. The number of carbonyl (C=O) groups is 1. The lowest BCUT2D eigenvalue weighted by Gasteiger charge is -2.30. The van der Waals surface area contributed by atoms with Crippen molar-refractivity contribution in [1.82, 2.24) is 0 Å². The van der Waals surface area contributed by atoms with Crippen molar-refractivity contribution in [3.63, 3.8) is 0 Å².